The molecule has 0 bridgehead atoms. The van der Waals surface area contributed by atoms with Crippen LogP contribution in [0.2, 0.25) is 0 Å². The van der Waals surface area contributed by atoms with Crippen molar-refractivity contribution in [2.45, 2.75) is 26.2 Å². The number of nitrogens with one attached hydrogen (secondary N) is 1. The van der Waals surface area contributed by atoms with Crippen molar-refractivity contribution in [1.82, 2.24) is 15.1 Å². The van der Waals surface area contributed by atoms with E-state index in [1.165, 1.54) is 11.3 Å². The first kappa shape index (κ1) is 17.4. The number of anilines is 1. The molecule has 1 amide bonds. The molecule has 0 spiro atoms. The normalized spacial score (nSPS) is 11.7. The van der Waals surface area contributed by atoms with Crippen molar-refractivity contribution in [3.63, 3.8) is 0 Å². The smallest absolute Gasteiger partial charge is 0.258 e. The highest BCUT2D eigenvalue weighted by Crippen LogP contribution is 2.29. The van der Waals surface area contributed by atoms with Gasteiger partial charge in [0, 0.05) is 5.41 Å². The minimum atomic E-state index is -0.264. The number of benzene rings is 2. The number of hydrogen-bond acceptors (Lipinski definition) is 6. The molecule has 2 heterocycles. The highest BCUT2D eigenvalue weighted by atomic mass is 32.1. The molecule has 1 N–H and O–H groups in total. The Morgan fingerprint density at radius 1 is 1.04 bits per heavy atom. The van der Waals surface area contributed by atoms with E-state index >= 15 is 0 Å². The van der Waals surface area contributed by atoms with Crippen molar-refractivity contribution >= 4 is 32.6 Å². The number of fused-ring (bicyclic) bond motifs is 1. The van der Waals surface area contributed by atoms with Gasteiger partial charge in [-0.25, -0.2) is 4.98 Å². The molecule has 0 saturated carbocycles. The third-order valence-electron chi connectivity index (χ3n) is 4.01. The summed E-state index contributed by atoms with van der Waals surface area (Å²) >= 11 is 1.43. The van der Waals surface area contributed by atoms with E-state index in [-0.39, 0.29) is 11.3 Å². The topological polar surface area (TPSA) is 80.9 Å². The second-order valence-electron chi connectivity index (χ2n) is 7.16. The van der Waals surface area contributed by atoms with Crippen molar-refractivity contribution in [1.29, 1.82) is 0 Å². The molecule has 27 heavy (non-hydrogen) atoms. The highest BCUT2D eigenvalue weighted by Gasteiger charge is 2.24. The van der Waals surface area contributed by atoms with Gasteiger partial charge in [-0.2, -0.15) is 4.98 Å². The van der Waals surface area contributed by atoms with Crippen LogP contribution in [-0.2, 0) is 5.41 Å². The molecule has 4 rings (SSSR count). The molecule has 0 aliphatic heterocycles. The van der Waals surface area contributed by atoms with E-state index in [1.807, 2.05) is 51.1 Å². The SMILES string of the molecule is CC(C)(C)c1noc(-c2ccccc2C(=O)Nc2nc3ccccc3s2)n1. The average Bonchev–Trinajstić information content (AvgIpc) is 3.28. The Balaban J connectivity index is 1.66. The molecule has 4 aromatic rings. The molecule has 0 aliphatic rings. The third kappa shape index (κ3) is 3.46. The fraction of sp³-hybridized carbons (Fsp3) is 0.200. The van der Waals surface area contributed by atoms with Gasteiger partial charge in [0.15, 0.2) is 11.0 Å². The molecule has 0 saturated heterocycles. The van der Waals surface area contributed by atoms with Crippen LogP contribution in [0.15, 0.2) is 53.1 Å². The maximum atomic E-state index is 12.9. The van der Waals surface area contributed by atoms with Gasteiger partial charge in [0.1, 0.15) is 0 Å². The standard InChI is InChI=1S/C20H18N4O2S/c1-20(2,3)18-23-17(26-24-18)13-9-5-4-8-12(13)16(25)22-19-21-14-10-6-7-11-15(14)27-19/h4-11H,1-3H3,(H,21,22,25). The summed E-state index contributed by atoms with van der Waals surface area (Å²) in [6.07, 6.45) is 0. The fourth-order valence-electron chi connectivity index (χ4n) is 2.60. The van der Waals surface area contributed by atoms with E-state index in [1.54, 1.807) is 18.2 Å². The monoisotopic (exact) mass is 378 g/mol. The van der Waals surface area contributed by atoms with E-state index < -0.39 is 0 Å². The van der Waals surface area contributed by atoms with E-state index in [9.17, 15) is 4.79 Å². The minimum Gasteiger partial charge on any atom is -0.334 e. The molecule has 2 aromatic heterocycles. The number of aromatic nitrogens is 3. The van der Waals surface area contributed by atoms with Crippen LogP contribution < -0.4 is 5.32 Å². The first-order valence-electron chi connectivity index (χ1n) is 8.52. The van der Waals surface area contributed by atoms with Crippen molar-refractivity contribution in [3.8, 4) is 11.5 Å². The lowest BCUT2D eigenvalue weighted by Crippen LogP contribution is -2.14. The van der Waals surface area contributed by atoms with Gasteiger partial charge in [-0.1, -0.05) is 61.5 Å². The molecule has 0 unspecified atom stereocenters. The summed E-state index contributed by atoms with van der Waals surface area (Å²) in [5, 5.41) is 7.48. The summed E-state index contributed by atoms with van der Waals surface area (Å²) in [5.74, 6) is 0.661. The molecule has 0 fully saturated rings. The van der Waals surface area contributed by atoms with Crippen molar-refractivity contribution in [3.05, 3.63) is 59.9 Å². The molecule has 7 heteroatoms. The Labute approximate surface area is 160 Å². The molecule has 136 valence electrons. The summed E-state index contributed by atoms with van der Waals surface area (Å²) in [5.41, 5.74) is 1.68. The van der Waals surface area contributed by atoms with Crippen LogP contribution in [0.5, 0.6) is 0 Å². The Morgan fingerprint density at radius 3 is 2.52 bits per heavy atom. The van der Waals surface area contributed by atoms with Gasteiger partial charge in [0.05, 0.1) is 21.3 Å². The number of amides is 1. The summed E-state index contributed by atoms with van der Waals surface area (Å²) in [4.78, 5) is 21.8. The second-order valence-corrected chi connectivity index (χ2v) is 8.19. The molecular weight excluding hydrogens is 360 g/mol. The number of rotatable bonds is 3. The largest absolute Gasteiger partial charge is 0.334 e. The predicted molar refractivity (Wildman–Crippen MR) is 106 cm³/mol. The quantitative estimate of drug-likeness (QED) is 0.548. The number of carbonyl (C=O) groups excluding carboxylic acids is 1. The maximum absolute atomic E-state index is 12.9. The average molecular weight is 378 g/mol. The van der Waals surface area contributed by atoms with Crippen LogP contribution in [0.1, 0.15) is 37.0 Å². The van der Waals surface area contributed by atoms with Gasteiger partial charge in [-0.05, 0) is 24.3 Å². The first-order chi connectivity index (χ1) is 12.9. The predicted octanol–water partition coefficient (Wildman–Crippen LogP) is 4.90. The van der Waals surface area contributed by atoms with Crippen molar-refractivity contribution in [2.24, 2.45) is 0 Å². The summed E-state index contributed by atoms with van der Waals surface area (Å²) in [6, 6.07) is 14.9. The molecule has 0 atom stereocenters. The van der Waals surface area contributed by atoms with Gasteiger partial charge in [-0.3, -0.25) is 10.1 Å². The number of thiazole rings is 1. The van der Waals surface area contributed by atoms with E-state index in [2.05, 4.69) is 20.4 Å². The fourth-order valence-corrected chi connectivity index (χ4v) is 3.46. The van der Waals surface area contributed by atoms with Crippen LogP contribution in [0.25, 0.3) is 21.7 Å². The van der Waals surface area contributed by atoms with Crippen molar-refractivity contribution in [2.75, 3.05) is 5.32 Å². The lowest BCUT2D eigenvalue weighted by atomic mass is 9.96. The zero-order valence-corrected chi connectivity index (χ0v) is 16.0. The van der Waals surface area contributed by atoms with Crippen LogP contribution in [-0.4, -0.2) is 21.0 Å². The summed E-state index contributed by atoms with van der Waals surface area (Å²) < 4.78 is 6.43. The molecule has 0 radical (unpaired) electrons. The summed E-state index contributed by atoms with van der Waals surface area (Å²) in [7, 11) is 0. The lowest BCUT2D eigenvalue weighted by molar-refractivity contribution is 0.102. The maximum Gasteiger partial charge on any atom is 0.258 e. The van der Waals surface area contributed by atoms with Crippen molar-refractivity contribution < 1.29 is 9.32 Å². The van der Waals surface area contributed by atoms with E-state index in [4.69, 9.17) is 4.52 Å². The lowest BCUT2D eigenvalue weighted by Gasteiger charge is -2.11. The first-order valence-corrected chi connectivity index (χ1v) is 9.34. The molecule has 2 aromatic carbocycles. The van der Waals surface area contributed by atoms with E-state index in [0.717, 1.165) is 10.2 Å². The van der Waals surface area contributed by atoms with Crippen LogP contribution in [0, 0.1) is 0 Å². The Morgan fingerprint density at radius 2 is 1.78 bits per heavy atom. The van der Waals surface area contributed by atoms with Gasteiger partial charge in [-0.15, -0.1) is 0 Å². The number of para-hydroxylation sites is 1. The Kier molecular flexibility index (Phi) is 4.24. The molecule has 0 aliphatic carbocycles. The zero-order chi connectivity index (χ0) is 19.0. The molecule has 6 nitrogen and oxygen atoms in total. The number of carbonyl (C=O) groups is 1. The molecular formula is C20H18N4O2S. The Hall–Kier alpha value is -3.06. The second kappa shape index (κ2) is 6.59. The Bertz CT molecular complexity index is 1090. The zero-order valence-electron chi connectivity index (χ0n) is 15.2. The van der Waals surface area contributed by atoms with Gasteiger partial charge in [0.2, 0.25) is 0 Å². The van der Waals surface area contributed by atoms with Gasteiger partial charge >= 0.3 is 0 Å². The minimum absolute atomic E-state index is 0.236. The van der Waals surface area contributed by atoms with Gasteiger partial charge in [0.25, 0.3) is 11.8 Å². The van der Waals surface area contributed by atoms with Gasteiger partial charge < -0.3 is 4.52 Å². The van der Waals surface area contributed by atoms with Crippen LogP contribution in [0.4, 0.5) is 5.13 Å². The number of nitrogens with zero attached hydrogens (tertiary/aromatic N) is 3. The van der Waals surface area contributed by atoms with Crippen LogP contribution >= 0.6 is 11.3 Å². The van der Waals surface area contributed by atoms with E-state index in [0.29, 0.717) is 28.0 Å². The third-order valence-corrected chi connectivity index (χ3v) is 4.97. The summed E-state index contributed by atoms with van der Waals surface area (Å²) in [6.45, 7) is 6.02. The van der Waals surface area contributed by atoms with Crippen LogP contribution in [0.3, 0.4) is 0 Å². The highest BCUT2D eigenvalue weighted by molar-refractivity contribution is 7.22. The number of hydrogen-bond donors (Lipinski definition) is 1.